The number of H-pyrrole nitrogens is 1. The molecular formula is C16H20N4O3S. The van der Waals surface area contributed by atoms with Crippen molar-refractivity contribution in [2.75, 3.05) is 13.7 Å². The van der Waals surface area contributed by atoms with Crippen LogP contribution in [-0.4, -0.2) is 40.3 Å². The van der Waals surface area contributed by atoms with Gasteiger partial charge in [0.2, 0.25) is 5.91 Å². The Labute approximate surface area is 145 Å². The molecule has 0 aliphatic heterocycles. The normalized spacial score (nSPS) is 10.4. The molecule has 0 bridgehead atoms. The predicted octanol–water partition coefficient (Wildman–Crippen LogP) is 1.99. The molecule has 0 saturated carbocycles. The number of carbonyl (C=O) groups excluding carboxylic acids is 2. The second-order valence-corrected chi connectivity index (χ2v) is 5.68. The number of amides is 1. The summed E-state index contributed by atoms with van der Waals surface area (Å²) in [6.45, 7) is 2.68. The van der Waals surface area contributed by atoms with Gasteiger partial charge in [0.05, 0.1) is 13.5 Å². The molecule has 24 heavy (non-hydrogen) atoms. The Balaban J connectivity index is 1.97. The van der Waals surface area contributed by atoms with E-state index in [-0.39, 0.29) is 31.3 Å². The first kappa shape index (κ1) is 17.9. The summed E-state index contributed by atoms with van der Waals surface area (Å²) >= 11 is 5.24. The van der Waals surface area contributed by atoms with E-state index in [0.717, 1.165) is 11.1 Å². The third-order valence-corrected chi connectivity index (χ3v) is 3.82. The fourth-order valence-electron chi connectivity index (χ4n) is 2.16. The highest BCUT2D eigenvalue weighted by atomic mass is 32.1. The summed E-state index contributed by atoms with van der Waals surface area (Å²) in [7, 11) is 1.32. The lowest BCUT2D eigenvalue weighted by Gasteiger charge is -2.08. The highest BCUT2D eigenvalue weighted by Crippen LogP contribution is 2.18. The van der Waals surface area contributed by atoms with Crippen molar-refractivity contribution in [3.05, 3.63) is 34.6 Å². The summed E-state index contributed by atoms with van der Waals surface area (Å²) in [4.78, 5) is 22.9. The number of nitrogens with one attached hydrogen (secondary N) is 2. The lowest BCUT2D eigenvalue weighted by Crippen LogP contribution is -2.27. The smallest absolute Gasteiger partial charge is 0.307 e. The number of carbonyl (C=O) groups is 2. The monoisotopic (exact) mass is 348 g/mol. The van der Waals surface area contributed by atoms with Gasteiger partial charge >= 0.3 is 5.97 Å². The van der Waals surface area contributed by atoms with E-state index in [1.807, 2.05) is 31.2 Å². The highest BCUT2D eigenvalue weighted by Gasteiger charge is 2.11. The Morgan fingerprint density at radius 1 is 1.29 bits per heavy atom. The van der Waals surface area contributed by atoms with Gasteiger partial charge in [0.1, 0.15) is 0 Å². The van der Waals surface area contributed by atoms with Gasteiger partial charge in [-0.1, -0.05) is 29.8 Å². The minimum atomic E-state index is -0.353. The average molecular weight is 348 g/mol. The van der Waals surface area contributed by atoms with E-state index < -0.39 is 0 Å². The van der Waals surface area contributed by atoms with Gasteiger partial charge in [-0.25, -0.2) is 0 Å². The summed E-state index contributed by atoms with van der Waals surface area (Å²) in [5.41, 5.74) is 2.09. The zero-order valence-corrected chi connectivity index (χ0v) is 14.5. The molecule has 1 aromatic carbocycles. The molecule has 1 aromatic heterocycles. The number of rotatable bonds is 7. The van der Waals surface area contributed by atoms with E-state index in [9.17, 15) is 9.59 Å². The van der Waals surface area contributed by atoms with Gasteiger partial charge in [0.25, 0.3) is 0 Å². The number of benzene rings is 1. The van der Waals surface area contributed by atoms with E-state index >= 15 is 0 Å². The van der Waals surface area contributed by atoms with Gasteiger partial charge in [-0.05, 0) is 19.1 Å². The molecule has 0 aliphatic carbocycles. The number of ether oxygens (including phenoxy) is 1. The standard InChI is InChI=1S/C16H20N4O3S/c1-11-3-5-12(6-4-11)15-18-19-16(24)20(15)10-8-13(21)17-9-7-14(22)23-2/h3-6H,7-10H2,1-2H3,(H,17,21)(H,19,24). The van der Waals surface area contributed by atoms with Gasteiger partial charge in [-0.3, -0.25) is 19.3 Å². The molecule has 2 aromatic rings. The second-order valence-electron chi connectivity index (χ2n) is 5.30. The number of esters is 1. The van der Waals surface area contributed by atoms with Crippen LogP contribution in [0.25, 0.3) is 11.4 Å². The van der Waals surface area contributed by atoms with Crippen LogP contribution in [0.4, 0.5) is 0 Å². The Hall–Kier alpha value is -2.48. The van der Waals surface area contributed by atoms with Crippen molar-refractivity contribution in [3.63, 3.8) is 0 Å². The van der Waals surface area contributed by atoms with Crippen molar-refractivity contribution >= 4 is 24.1 Å². The maximum atomic E-state index is 11.9. The summed E-state index contributed by atoms with van der Waals surface area (Å²) in [5, 5.41) is 9.68. The van der Waals surface area contributed by atoms with Gasteiger partial charge in [-0.15, -0.1) is 0 Å². The fraction of sp³-hybridized carbons (Fsp3) is 0.375. The lowest BCUT2D eigenvalue weighted by atomic mass is 10.1. The first-order valence-corrected chi connectivity index (χ1v) is 7.98. The first-order valence-electron chi connectivity index (χ1n) is 7.57. The second kappa shape index (κ2) is 8.39. The Morgan fingerprint density at radius 3 is 2.67 bits per heavy atom. The minimum absolute atomic E-state index is 0.155. The van der Waals surface area contributed by atoms with E-state index in [1.54, 1.807) is 4.57 Å². The van der Waals surface area contributed by atoms with Crippen molar-refractivity contribution in [2.24, 2.45) is 0 Å². The Morgan fingerprint density at radius 2 is 2.00 bits per heavy atom. The minimum Gasteiger partial charge on any atom is -0.469 e. The Bertz CT molecular complexity index is 764. The van der Waals surface area contributed by atoms with Crippen LogP contribution < -0.4 is 5.32 Å². The number of aromatic nitrogens is 3. The first-order chi connectivity index (χ1) is 11.5. The van der Waals surface area contributed by atoms with E-state index in [1.165, 1.54) is 7.11 Å². The van der Waals surface area contributed by atoms with Crippen LogP contribution in [0.2, 0.25) is 0 Å². The van der Waals surface area contributed by atoms with Crippen LogP contribution in [-0.2, 0) is 20.9 Å². The molecule has 7 nitrogen and oxygen atoms in total. The molecule has 1 heterocycles. The summed E-state index contributed by atoms with van der Waals surface area (Å²) < 4.78 is 6.78. The predicted molar refractivity (Wildman–Crippen MR) is 91.8 cm³/mol. The molecule has 0 spiro atoms. The van der Waals surface area contributed by atoms with Gasteiger partial charge in [0, 0.05) is 25.1 Å². The van der Waals surface area contributed by atoms with Crippen LogP contribution in [0.3, 0.4) is 0 Å². The fourth-order valence-corrected chi connectivity index (χ4v) is 2.38. The third kappa shape index (κ3) is 4.76. The zero-order valence-electron chi connectivity index (χ0n) is 13.7. The van der Waals surface area contributed by atoms with Crippen molar-refractivity contribution in [3.8, 4) is 11.4 Å². The molecule has 2 rings (SSSR count). The van der Waals surface area contributed by atoms with Crippen LogP contribution in [0.15, 0.2) is 24.3 Å². The van der Waals surface area contributed by atoms with Crippen LogP contribution >= 0.6 is 12.2 Å². The van der Waals surface area contributed by atoms with E-state index in [4.69, 9.17) is 12.2 Å². The molecular weight excluding hydrogens is 328 g/mol. The number of hydrogen-bond donors (Lipinski definition) is 2. The molecule has 1 amide bonds. The molecule has 128 valence electrons. The average Bonchev–Trinajstić information content (AvgIpc) is 2.94. The lowest BCUT2D eigenvalue weighted by molar-refractivity contribution is -0.140. The van der Waals surface area contributed by atoms with Crippen LogP contribution in [0.5, 0.6) is 0 Å². The summed E-state index contributed by atoms with van der Waals surface area (Å²) in [5.74, 6) is 0.188. The number of methoxy groups -OCH3 is 1. The molecule has 0 radical (unpaired) electrons. The molecule has 0 saturated heterocycles. The van der Waals surface area contributed by atoms with Crippen LogP contribution in [0, 0.1) is 11.7 Å². The maximum Gasteiger partial charge on any atom is 0.307 e. The third-order valence-electron chi connectivity index (χ3n) is 3.51. The molecule has 0 fully saturated rings. The zero-order chi connectivity index (χ0) is 17.5. The molecule has 8 heteroatoms. The van der Waals surface area contributed by atoms with Gasteiger partial charge in [-0.2, -0.15) is 5.10 Å². The number of aryl methyl sites for hydroxylation is 1. The molecule has 0 unspecified atom stereocenters. The van der Waals surface area contributed by atoms with E-state index in [2.05, 4.69) is 20.3 Å². The maximum absolute atomic E-state index is 11.9. The topological polar surface area (TPSA) is 89.0 Å². The van der Waals surface area contributed by atoms with Crippen molar-refractivity contribution in [2.45, 2.75) is 26.3 Å². The largest absolute Gasteiger partial charge is 0.469 e. The van der Waals surface area contributed by atoms with Crippen molar-refractivity contribution < 1.29 is 14.3 Å². The van der Waals surface area contributed by atoms with Crippen LogP contribution in [0.1, 0.15) is 18.4 Å². The van der Waals surface area contributed by atoms with Gasteiger partial charge in [0.15, 0.2) is 10.6 Å². The number of aromatic amines is 1. The number of nitrogens with zero attached hydrogens (tertiary/aromatic N) is 2. The molecule has 0 aliphatic rings. The summed E-state index contributed by atoms with van der Waals surface area (Å²) in [6.07, 6.45) is 0.399. The highest BCUT2D eigenvalue weighted by molar-refractivity contribution is 7.71. The SMILES string of the molecule is COC(=O)CCNC(=O)CCn1c(-c2ccc(C)cc2)n[nH]c1=S. The van der Waals surface area contributed by atoms with Crippen molar-refractivity contribution in [1.29, 1.82) is 0 Å². The van der Waals surface area contributed by atoms with Crippen molar-refractivity contribution in [1.82, 2.24) is 20.1 Å². The molecule has 2 N–H and O–H groups in total. The molecule has 0 atom stereocenters. The van der Waals surface area contributed by atoms with E-state index in [0.29, 0.717) is 17.1 Å². The summed E-state index contributed by atoms with van der Waals surface area (Å²) in [6, 6.07) is 7.92. The number of hydrogen-bond acceptors (Lipinski definition) is 5. The Kier molecular flexibility index (Phi) is 6.25. The quantitative estimate of drug-likeness (QED) is 0.590. The van der Waals surface area contributed by atoms with Gasteiger partial charge < -0.3 is 10.1 Å².